The molecule has 13 heteroatoms. The standard InChI is InChI=1S/C25H20F6N4O2S/c26-24(27,28)15-11-16(25(29,30)31)13-18(12-15)34-23(38)33-17-3-5-19(6-4-17)37-20-7-8-32-21(14-20)22(36)35-9-1-2-10-35/h3-8,11-14H,1-2,9-10H2,(H2,33,34,38). The molecule has 0 atom stereocenters. The van der Waals surface area contributed by atoms with Crippen LogP contribution in [0.5, 0.6) is 11.5 Å². The van der Waals surface area contributed by atoms with E-state index in [0.29, 0.717) is 42.4 Å². The average Bonchev–Trinajstić information content (AvgIpc) is 3.39. The Labute approximate surface area is 218 Å². The van der Waals surface area contributed by atoms with E-state index < -0.39 is 29.2 Å². The number of carbonyl (C=O) groups is 1. The number of aromatic nitrogens is 1. The van der Waals surface area contributed by atoms with Crippen LogP contribution in [0.25, 0.3) is 0 Å². The molecule has 1 aliphatic rings. The van der Waals surface area contributed by atoms with Crippen molar-refractivity contribution in [2.45, 2.75) is 25.2 Å². The van der Waals surface area contributed by atoms with Crippen molar-refractivity contribution in [2.75, 3.05) is 23.7 Å². The summed E-state index contributed by atoms with van der Waals surface area (Å²) in [6, 6.07) is 10.5. The quantitative estimate of drug-likeness (QED) is 0.263. The molecule has 4 rings (SSSR count). The third kappa shape index (κ3) is 6.91. The Kier molecular flexibility index (Phi) is 7.76. The molecule has 0 unspecified atom stereocenters. The van der Waals surface area contributed by atoms with Crippen LogP contribution in [0.15, 0.2) is 60.8 Å². The summed E-state index contributed by atoms with van der Waals surface area (Å²) in [6.07, 6.45) is -6.57. The number of nitrogens with zero attached hydrogens (tertiary/aromatic N) is 2. The van der Waals surface area contributed by atoms with E-state index >= 15 is 0 Å². The minimum absolute atomic E-state index is 0.0362. The first-order chi connectivity index (χ1) is 17.9. The molecule has 0 radical (unpaired) electrons. The van der Waals surface area contributed by atoms with E-state index in [1.165, 1.54) is 12.3 Å². The van der Waals surface area contributed by atoms with Gasteiger partial charge < -0.3 is 20.3 Å². The van der Waals surface area contributed by atoms with Gasteiger partial charge in [-0.3, -0.25) is 9.78 Å². The van der Waals surface area contributed by atoms with Gasteiger partial charge in [0.25, 0.3) is 5.91 Å². The van der Waals surface area contributed by atoms with Crippen molar-refractivity contribution in [3.8, 4) is 11.5 Å². The van der Waals surface area contributed by atoms with Gasteiger partial charge in [-0.05, 0) is 73.6 Å². The number of alkyl halides is 6. The van der Waals surface area contributed by atoms with Gasteiger partial charge in [-0.25, -0.2) is 0 Å². The zero-order chi connectivity index (χ0) is 27.5. The van der Waals surface area contributed by atoms with Crippen LogP contribution in [0.1, 0.15) is 34.5 Å². The number of thiocarbonyl (C=S) groups is 1. The fourth-order valence-corrected chi connectivity index (χ4v) is 3.97. The molecule has 0 aliphatic carbocycles. The highest BCUT2D eigenvalue weighted by Gasteiger charge is 2.37. The lowest BCUT2D eigenvalue weighted by Gasteiger charge is -2.16. The smallest absolute Gasteiger partial charge is 0.416 e. The summed E-state index contributed by atoms with van der Waals surface area (Å²) in [7, 11) is 0. The molecule has 0 spiro atoms. The molecule has 3 aromatic rings. The van der Waals surface area contributed by atoms with Gasteiger partial charge in [0.1, 0.15) is 17.2 Å². The summed E-state index contributed by atoms with van der Waals surface area (Å²) in [5.41, 5.74) is -2.72. The van der Waals surface area contributed by atoms with Gasteiger partial charge in [-0.15, -0.1) is 0 Å². The second kappa shape index (κ2) is 10.9. The van der Waals surface area contributed by atoms with E-state index in [4.69, 9.17) is 17.0 Å². The van der Waals surface area contributed by atoms with E-state index in [-0.39, 0.29) is 22.8 Å². The number of ether oxygens (including phenoxy) is 1. The number of amides is 1. The number of hydrogen-bond donors (Lipinski definition) is 2. The molecular weight excluding hydrogens is 534 g/mol. The molecule has 0 bridgehead atoms. The summed E-state index contributed by atoms with van der Waals surface area (Å²) >= 11 is 5.05. The van der Waals surface area contributed by atoms with Gasteiger partial charge in [0.15, 0.2) is 5.11 Å². The number of anilines is 2. The van der Waals surface area contributed by atoms with E-state index in [1.807, 2.05) is 0 Å². The van der Waals surface area contributed by atoms with Crippen molar-refractivity contribution in [1.29, 1.82) is 0 Å². The van der Waals surface area contributed by atoms with Gasteiger partial charge >= 0.3 is 12.4 Å². The Balaban J connectivity index is 1.40. The molecule has 6 nitrogen and oxygen atoms in total. The van der Waals surface area contributed by atoms with Crippen LogP contribution in [0, 0.1) is 0 Å². The lowest BCUT2D eigenvalue weighted by Crippen LogP contribution is -2.28. The number of likely N-dealkylation sites (tertiary alicyclic amines) is 1. The molecule has 2 aromatic carbocycles. The van der Waals surface area contributed by atoms with E-state index in [0.717, 1.165) is 12.8 Å². The minimum atomic E-state index is -4.97. The molecular formula is C25H20F6N4O2S. The number of hydrogen-bond acceptors (Lipinski definition) is 4. The minimum Gasteiger partial charge on any atom is -0.457 e. The van der Waals surface area contributed by atoms with Gasteiger partial charge in [0.05, 0.1) is 11.1 Å². The van der Waals surface area contributed by atoms with Crippen molar-refractivity contribution in [3.05, 3.63) is 77.6 Å². The highest BCUT2D eigenvalue weighted by Crippen LogP contribution is 2.37. The molecule has 200 valence electrons. The van der Waals surface area contributed by atoms with E-state index in [9.17, 15) is 31.1 Å². The first kappa shape index (κ1) is 27.2. The maximum Gasteiger partial charge on any atom is 0.416 e. The van der Waals surface area contributed by atoms with Crippen LogP contribution >= 0.6 is 12.2 Å². The molecule has 1 aliphatic heterocycles. The predicted octanol–water partition coefficient (Wildman–Crippen LogP) is 6.96. The molecule has 2 N–H and O–H groups in total. The second-order valence-corrected chi connectivity index (χ2v) is 8.78. The topological polar surface area (TPSA) is 66.5 Å². The second-order valence-electron chi connectivity index (χ2n) is 8.38. The lowest BCUT2D eigenvalue weighted by atomic mass is 10.1. The van der Waals surface area contributed by atoms with Crippen LogP contribution in [0.2, 0.25) is 0 Å². The van der Waals surface area contributed by atoms with Crippen LogP contribution in [-0.4, -0.2) is 34.0 Å². The van der Waals surface area contributed by atoms with E-state index in [1.54, 1.807) is 35.2 Å². The van der Waals surface area contributed by atoms with E-state index in [2.05, 4.69) is 15.6 Å². The molecule has 1 amide bonds. The summed E-state index contributed by atoms with van der Waals surface area (Å²) in [4.78, 5) is 18.4. The maximum atomic E-state index is 13.1. The lowest BCUT2D eigenvalue weighted by molar-refractivity contribution is -0.143. The average molecular weight is 555 g/mol. The normalized spacial score (nSPS) is 13.8. The van der Waals surface area contributed by atoms with Crippen LogP contribution in [-0.2, 0) is 12.4 Å². The fourth-order valence-electron chi connectivity index (χ4n) is 3.74. The molecule has 2 heterocycles. The number of benzene rings is 2. The van der Waals surface area contributed by atoms with Crippen LogP contribution in [0.4, 0.5) is 37.7 Å². The first-order valence-electron chi connectivity index (χ1n) is 11.3. The number of pyridine rings is 1. The third-order valence-corrected chi connectivity index (χ3v) is 5.74. The zero-order valence-electron chi connectivity index (χ0n) is 19.5. The summed E-state index contributed by atoms with van der Waals surface area (Å²) in [5, 5.41) is 4.83. The fraction of sp³-hybridized carbons (Fsp3) is 0.240. The molecule has 1 aromatic heterocycles. The number of rotatable bonds is 5. The van der Waals surface area contributed by atoms with Crippen LogP contribution < -0.4 is 15.4 Å². The van der Waals surface area contributed by atoms with Crippen molar-refractivity contribution in [2.24, 2.45) is 0 Å². The molecule has 1 fully saturated rings. The molecule has 38 heavy (non-hydrogen) atoms. The maximum absolute atomic E-state index is 13.1. The Hall–Kier alpha value is -3.87. The van der Waals surface area contributed by atoms with Crippen LogP contribution in [0.3, 0.4) is 0 Å². The Bertz CT molecular complexity index is 1290. The number of halogens is 6. The van der Waals surface area contributed by atoms with Gasteiger partial charge in [-0.2, -0.15) is 26.3 Å². The summed E-state index contributed by atoms with van der Waals surface area (Å²) in [5.74, 6) is 0.634. The van der Waals surface area contributed by atoms with Crippen molar-refractivity contribution in [3.63, 3.8) is 0 Å². The number of carbonyl (C=O) groups excluding carboxylic acids is 1. The zero-order valence-corrected chi connectivity index (χ0v) is 20.3. The predicted molar refractivity (Wildman–Crippen MR) is 132 cm³/mol. The highest BCUT2D eigenvalue weighted by atomic mass is 32.1. The monoisotopic (exact) mass is 554 g/mol. The number of nitrogens with one attached hydrogen (secondary N) is 2. The van der Waals surface area contributed by atoms with Gasteiger partial charge in [0.2, 0.25) is 0 Å². The van der Waals surface area contributed by atoms with Gasteiger partial charge in [-0.1, -0.05) is 0 Å². The van der Waals surface area contributed by atoms with Crippen molar-refractivity contribution >= 4 is 34.6 Å². The Morgan fingerprint density at radius 1 is 0.816 bits per heavy atom. The Morgan fingerprint density at radius 2 is 1.39 bits per heavy atom. The van der Waals surface area contributed by atoms with Gasteiger partial charge in [0, 0.05) is 36.7 Å². The highest BCUT2D eigenvalue weighted by molar-refractivity contribution is 7.80. The van der Waals surface area contributed by atoms with Crippen molar-refractivity contribution < 1.29 is 35.9 Å². The SMILES string of the molecule is O=C(c1cc(Oc2ccc(NC(=S)Nc3cc(C(F)(F)F)cc(C(F)(F)F)c3)cc2)ccn1)N1CCCC1. The van der Waals surface area contributed by atoms with Crippen molar-refractivity contribution in [1.82, 2.24) is 9.88 Å². The third-order valence-electron chi connectivity index (χ3n) is 5.54. The molecule has 1 saturated heterocycles. The summed E-state index contributed by atoms with van der Waals surface area (Å²) < 4.78 is 84.2. The summed E-state index contributed by atoms with van der Waals surface area (Å²) in [6.45, 7) is 1.38. The Morgan fingerprint density at radius 3 is 1.97 bits per heavy atom. The molecule has 0 saturated carbocycles. The first-order valence-corrected chi connectivity index (χ1v) is 11.7. The largest absolute Gasteiger partial charge is 0.457 e.